The van der Waals surface area contributed by atoms with E-state index in [2.05, 4.69) is 9.97 Å². The largest absolute Gasteiger partial charge is 0.497 e. The number of carbonyl (C=O) groups excluding carboxylic acids is 1. The minimum atomic E-state index is -0.542. The van der Waals surface area contributed by atoms with Crippen LogP contribution in [-0.2, 0) is 0 Å². The maximum atomic E-state index is 11.3. The Hall–Kier alpha value is -2.56. The molecular formula is C13H11N3O2. The summed E-state index contributed by atoms with van der Waals surface area (Å²) in [6, 6.07) is 7.55. The van der Waals surface area contributed by atoms with E-state index in [1.165, 1.54) is 0 Å². The van der Waals surface area contributed by atoms with Gasteiger partial charge in [-0.3, -0.25) is 4.79 Å². The van der Waals surface area contributed by atoms with Crippen molar-refractivity contribution in [3.8, 4) is 5.75 Å². The second-order valence-electron chi connectivity index (χ2n) is 3.98. The zero-order valence-electron chi connectivity index (χ0n) is 9.73. The molecule has 0 aliphatic carbocycles. The third-order valence-corrected chi connectivity index (χ3v) is 2.96. The second kappa shape index (κ2) is 3.73. The van der Waals surface area contributed by atoms with Gasteiger partial charge in [0, 0.05) is 23.0 Å². The van der Waals surface area contributed by atoms with Crippen molar-refractivity contribution >= 4 is 27.7 Å². The fourth-order valence-corrected chi connectivity index (χ4v) is 2.12. The molecule has 0 saturated heterocycles. The second-order valence-corrected chi connectivity index (χ2v) is 3.98. The number of H-pyrrole nitrogens is 1. The van der Waals surface area contributed by atoms with Crippen LogP contribution in [0.2, 0.25) is 0 Å². The molecule has 0 fully saturated rings. The number of fused-ring (bicyclic) bond motifs is 3. The van der Waals surface area contributed by atoms with E-state index in [1.807, 2.05) is 24.3 Å². The third-order valence-electron chi connectivity index (χ3n) is 2.96. The number of aromatic amines is 1. The normalized spacial score (nSPS) is 10.9. The maximum absolute atomic E-state index is 11.3. The number of benzene rings is 1. The van der Waals surface area contributed by atoms with E-state index >= 15 is 0 Å². The van der Waals surface area contributed by atoms with Crippen molar-refractivity contribution in [3.63, 3.8) is 0 Å². The molecule has 0 radical (unpaired) electrons. The van der Waals surface area contributed by atoms with Crippen molar-refractivity contribution in [2.45, 2.75) is 0 Å². The van der Waals surface area contributed by atoms with E-state index in [1.54, 1.807) is 13.3 Å². The van der Waals surface area contributed by atoms with Crippen molar-refractivity contribution in [1.82, 2.24) is 9.97 Å². The van der Waals surface area contributed by atoms with Gasteiger partial charge in [0.15, 0.2) is 5.69 Å². The van der Waals surface area contributed by atoms with Gasteiger partial charge in [-0.1, -0.05) is 0 Å². The topological polar surface area (TPSA) is 81.0 Å². The van der Waals surface area contributed by atoms with E-state index in [4.69, 9.17) is 10.5 Å². The fraction of sp³-hybridized carbons (Fsp3) is 0.0769. The SMILES string of the molecule is COc1ccc2c(c1)[nH]c1c(C(N)=O)nccc12. The molecule has 1 amide bonds. The number of amides is 1. The lowest BCUT2D eigenvalue weighted by atomic mass is 10.1. The van der Waals surface area contributed by atoms with Crippen LogP contribution in [0.3, 0.4) is 0 Å². The van der Waals surface area contributed by atoms with Crippen molar-refractivity contribution in [2.75, 3.05) is 7.11 Å². The van der Waals surface area contributed by atoms with Gasteiger partial charge in [-0.05, 0) is 18.2 Å². The average Bonchev–Trinajstić information content (AvgIpc) is 2.75. The zero-order valence-corrected chi connectivity index (χ0v) is 9.73. The summed E-state index contributed by atoms with van der Waals surface area (Å²) >= 11 is 0. The Balaban J connectivity index is 2.42. The molecule has 5 nitrogen and oxygen atoms in total. The molecule has 0 aliphatic heterocycles. The number of hydrogen-bond acceptors (Lipinski definition) is 3. The predicted octanol–water partition coefficient (Wildman–Crippen LogP) is 1.82. The number of nitrogens with two attached hydrogens (primary N) is 1. The number of aromatic nitrogens is 2. The van der Waals surface area contributed by atoms with Gasteiger partial charge in [-0.25, -0.2) is 4.98 Å². The minimum Gasteiger partial charge on any atom is -0.497 e. The predicted molar refractivity (Wildman–Crippen MR) is 68.7 cm³/mol. The summed E-state index contributed by atoms with van der Waals surface area (Å²) in [6.07, 6.45) is 1.58. The number of primary amides is 1. The Kier molecular flexibility index (Phi) is 2.19. The highest BCUT2D eigenvalue weighted by molar-refractivity contribution is 6.13. The fourth-order valence-electron chi connectivity index (χ4n) is 2.12. The quantitative estimate of drug-likeness (QED) is 0.718. The lowest BCUT2D eigenvalue weighted by Crippen LogP contribution is -2.13. The number of carbonyl (C=O) groups is 1. The number of nitrogens with zero attached hydrogens (tertiary/aromatic N) is 1. The Labute approximate surface area is 103 Å². The molecule has 5 heteroatoms. The molecule has 0 saturated carbocycles. The first-order valence-corrected chi connectivity index (χ1v) is 5.45. The van der Waals surface area contributed by atoms with Gasteiger partial charge in [0.1, 0.15) is 5.75 Å². The Morgan fingerprint density at radius 1 is 1.33 bits per heavy atom. The number of methoxy groups -OCH3 is 1. The van der Waals surface area contributed by atoms with Crippen LogP contribution in [0.1, 0.15) is 10.5 Å². The number of nitrogens with one attached hydrogen (secondary N) is 1. The molecule has 3 N–H and O–H groups in total. The van der Waals surface area contributed by atoms with Crippen molar-refractivity contribution in [3.05, 3.63) is 36.2 Å². The van der Waals surface area contributed by atoms with Gasteiger partial charge in [0.2, 0.25) is 0 Å². The van der Waals surface area contributed by atoms with Crippen LogP contribution in [-0.4, -0.2) is 23.0 Å². The standard InChI is InChI=1S/C13H11N3O2/c1-18-7-2-3-8-9-4-5-15-12(13(14)17)11(9)16-10(8)6-7/h2-6,16H,1H3,(H2,14,17). The van der Waals surface area contributed by atoms with E-state index in [0.29, 0.717) is 5.52 Å². The van der Waals surface area contributed by atoms with Crippen LogP contribution in [0.4, 0.5) is 0 Å². The van der Waals surface area contributed by atoms with E-state index in [-0.39, 0.29) is 5.69 Å². The lowest BCUT2D eigenvalue weighted by molar-refractivity contribution is 0.0997. The van der Waals surface area contributed by atoms with Crippen LogP contribution >= 0.6 is 0 Å². The van der Waals surface area contributed by atoms with Gasteiger partial charge in [0.05, 0.1) is 18.1 Å². The first-order chi connectivity index (χ1) is 8.70. The lowest BCUT2D eigenvalue weighted by Gasteiger charge is -1.98. The van der Waals surface area contributed by atoms with Gasteiger partial charge < -0.3 is 15.5 Å². The first kappa shape index (κ1) is 10.6. The summed E-state index contributed by atoms with van der Waals surface area (Å²) in [7, 11) is 1.61. The summed E-state index contributed by atoms with van der Waals surface area (Å²) < 4.78 is 5.17. The number of pyridine rings is 1. The molecule has 2 aromatic heterocycles. The molecule has 18 heavy (non-hydrogen) atoms. The van der Waals surface area contributed by atoms with Gasteiger partial charge in [-0.15, -0.1) is 0 Å². The third kappa shape index (κ3) is 1.41. The summed E-state index contributed by atoms with van der Waals surface area (Å²) in [5, 5.41) is 1.94. The maximum Gasteiger partial charge on any atom is 0.269 e. The minimum absolute atomic E-state index is 0.252. The summed E-state index contributed by atoms with van der Waals surface area (Å²) in [5.41, 5.74) is 7.11. The highest BCUT2D eigenvalue weighted by atomic mass is 16.5. The number of ether oxygens (including phenoxy) is 1. The van der Waals surface area contributed by atoms with E-state index in [0.717, 1.165) is 22.0 Å². The highest BCUT2D eigenvalue weighted by Gasteiger charge is 2.12. The summed E-state index contributed by atoms with van der Waals surface area (Å²) in [5.74, 6) is 0.210. The summed E-state index contributed by atoms with van der Waals surface area (Å²) in [6.45, 7) is 0. The molecule has 0 aliphatic rings. The van der Waals surface area contributed by atoms with Crippen molar-refractivity contribution in [2.24, 2.45) is 5.73 Å². The molecule has 0 bridgehead atoms. The number of rotatable bonds is 2. The molecule has 3 rings (SSSR count). The monoisotopic (exact) mass is 241 g/mol. The van der Waals surface area contributed by atoms with Crippen LogP contribution in [0.25, 0.3) is 21.8 Å². The Bertz CT molecular complexity index is 761. The van der Waals surface area contributed by atoms with Crippen LogP contribution in [0, 0.1) is 0 Å². The van der Waals surface area contributed by atoms with Crippen molar-refractivity contribution in [1.29, 1.82) is 0 Å². The van der Waals surface area contributed by atoms with Gasteiger partial charge in [0.25, 0.3) is 5.91 Å². The molecule has 2 heterocycles. The van der Waals surface area contributed by atoms with Crippen molar-refractivity contribution < 1.29 is 9.53 Å². The van der Waals surface area contributed by atoms with Gasteiger partial charge >= 0.3 is 0 Å². The Morgan fingerprint density at radius 3 is 2.89 bits per heavy atom. The number of hydrogen-bond donors (Lipinski definition) is 2. The zero-order chi connectivity index (χ0) is 12.7. The van der Waals surface area contributed by atoms with Gasteiger partial charge in [-0.2, -0.15) is 0 Å². The van der Waals surface area contributed by atoms with E-state index < -0.39 is 5.91 Å². The molecule has 0 spiro atoms. The molecule has 0 atom stereocenters. The Morgan fingerprint density at radius 2 is 2.17 bits per heavy atom. The first-order valence-electron chi connectivity index (χ1n) is 5.45. The van der Waals surface area contributed by atoms with Crippen LogP contribution in [0.5, 0.6) is 5.75 Å². The highest BCUT2D eigenvalue weighted by Crippen LogP contribution is 2.29. The smallest absolute Gasteiger partial charge is 0.269 e. The van der Waals surface area contributed by atoms with Crippen LogP contribution < -0.4 is 10.5 Å². The molecular weight excluding hydrogens is 230 g/mol. The molecule has 3 aromatic rings. The summed E-state index contributed by atoms with van der Waals surface area (Å²) in [4.78, 5) is 18.5. The molecule has 1 aromatic carbocycles. The molecule has 0 unspecified atom stereocenters. The van der Waals surface area contributed by atoms with E-state index in [9.17, 15) is 4.79 Å². The average molecular weight is 241 g/mol. The molecule has 90 valence electrons. The van der Waals surface area contributed by atoms with Crippen LogP contribution in [0.15, 0.2) is 30.5 Å².